The molecule has 1 heterocycles. The summed E-state index contributed by atoms with van der Waals surface area (Å²) in [4.78, 5) is 2.74. The predicted octanol–water partition coefficient (Wildman–Crippen LogP) is 1.61. The van der Waals surface area contributed by atoms with Gasteiger partial charge in [-0.1, -0.05) is 12.8 Å². The molecule has 1 aliphatic heterocycles. The van der Waals surface area contributed by atoms with Crippen LogP contribution in [0, 0.1) is 0 Å². The molecule has 76 valence electrons. The normalized spacial score (nSPS) is 33.5. The molecule has 13 heavy (non-hydrogen) atoms. The van der Waals surface area contributed by atoms with Crippen molar-refractivity contribution in [1.82, 2.24) is 10.2 Å². The van der Waals surface area contributed by atoms with Crippen LogP contribution in [-0.2, 0) is 0 Å². The van der Waals surface area contributed by atoms with Gasteiger partial charge in [0.25, 0.3) is 0 Å². The SMILES string of the molecule is CC1CNCCCN1C1CCCC1. The van der Waals surface area contributed by atoms with Gasteiger partial charge in [0.2, 0.25) is 0 Å². The molecule has 1 atom stereocenters. The Hall–Kier alpha value is -0.0800. The third kappa shape index (κ3) is 2.23. The zero-order chi connectivity index (χ0) is 9.10. The van der Waals surface area contributed by atoms with Gasteiger partial charge in [0.1, 0.15) is 0 Å². The fraction of sp³-hybridized carbons (Fsp3) is 1.00. The Morgan fingerprint density at radius 1 is 1.15 bits per heavy atom. The summed E-state index contributed by atoms with van der Waals surface area (Å²) in [6.07, 6.45) is 7.15. The lowest BCUT2D eigenvalue weighted by molar-refractivity contribution is 0.156. The Balaban J connectivity index is 1.93. The number of hydrogen-bond donors (Lipinski definition) is 1. The number of hydrogen-bond acceptors (Lipinski definition) is 2. The van der Waals surface area contributed by atoms with Crippen LogP contribution in [0.3, 0.4) is 0 Å². The summed E-state index contributed by atoms with van der Waals surface area (Å²) < 4.78 is 0. The van der Waals surface area contributed by atoms with Crippen molar-refractivity contribution in [2.75, 3.05) is 19.6 Å². The third-order valence-corrected chi connectivity index (χ3v) is 3.57. The highest BCUT2D eigenvalue weighted by molar-refractivity contribution is 4.83. The molecule has 1 saturated carbocycles. The lowest BCUT2D eigenvalue weighted by atomic mass is 10.1. The topological polar surface area (TPSA) is 15.3 Å². The summed E-state index contributed by atoms with van der Waals surface area (Å²) in [5.41, 5.74) is 0. The first-order valence-corrected chi connectivity index (χ1v) is 5.84. The summed E-state index contributed by atoms with van der Waals surface area (Å²) in [7, 11) is 0. The average molecular weight is 182 g/mol. The molecule has 1 N–H and O–H groups in total. The van der Waals surface area contributed by atoms with Crippen molar-refractivity contribution in [2.24, 2.45) is 0 Å². The molecule has 0 spiro atoms. The highest BCUT2D eigenvalue weighted by Gasteiger charge is 2.26. The molecule has 2 aliphatic rings. The van der Waals surface area contributed by atoms with Gasteiger partial charge in [-0.2, -0.15) is 0 Å². The van der Waals surface area contributed by atoms with E-state index in [1.165, 1.54) is 51.7 Å². The van der Waals surface area contributed by atoms with Crippen molar-refractivity contribution in [3.63, 3.8) is 0 Å². The van der Waals surface area contributed by atoms with Crippen molar-refractivity contribution >= 4 is 0 Å². The van der Waals surface area contributed by atoms with Gasteiger partial charge in [-0.3, -0.25) is 4.90 Å². The van der Waals surface area contributed by atoms with Gasteiger partial charge in [0, 0.05) is 18.6 Å². The van der Waals surface area contributed by atoms with Crippen LogP contribution in [0.15, 0.2) is 0 Å². The van der Waals surface area contributed by atoms with E-state index in [-0.39, 0.29) is 0 Å². The third-order valence-electron chi connectivity index (χ3n) is 3.57. The maximum Gasteiger partial charge on any atom is 0.0195 e. The Kier molecular flexibility index (Phi) is 3.23. The second-order valence-corrected chi connectivity index (χ2v) is 4.58. The smallest absolute Gasteiger partial charge is 0.0195 e. The molecule has 1 unspecified atom stereocenters. The minimum Gasteiger partial charge on any atom is -0.315 e. The number of nitrogens with one attached hydrogen (secondary N) is 1. The van der Waals surface area contributed by atoms with E-state index in [4.69, 9.17) is 0 Å². The molecular weight excluding hydrogens is 160 g/mol. The summed E-state index contributed by atoms with van der Waals surface area (Å²) in [5.74, 6) is 0. The van der Waals surface area contributed by atoms with Crippen molar-refractivity contribution in [1.29, 1.82) is 0 Å². The van der Waals surface area contributed by atoms with Crippen LogP contribution < -0.4 is 5.32 Å². The number of rotatable bonds is 1. The van der Waals surface area contributed by atoms with E-state index in [1.54, 1.807) is 0 Å². The highest BCUT2D eigenvalue weighted by Crippen LogP contribution is 2.25. The van der Waals surface area contributed by atoms with Gasteiger partial charge in [0.15, 0.2) is 0 Å². The zero-order valence-corrected chi connectivity index (χ0v) is 8.76. The van der Waals surface area contributed by atoms with Gasteiger partial charge in [-0.15, -0.1) is 0 Å². The van der Waals surface area contributed by atoms with Crippen molar-refractivity contribution in [3.8, 4) is 0 Å². The van der Waals surface area contributed by atoms with Crippen LogP contribution >= 0.6 is 0 Å². The molecule has 1 saturated heterocycles. The quantitative estimate of drug-likeness (QED) is 0.663. The molecule has 2 heteroatoms. The Morgan fingerprint density at radius 3 is 2.69 bits per heavy atom. The van der Waals surface area contributed by atoms with E-state index in [9.17, 15) is 0 Å². The van der Waals surface area contributed by atoms with Crippen molar-refractivity contribution in [3.05, 3.63) is 0 Å². The molecule has 1 aliphatic carbocycles. The van der Waals surface area contributed by atoms with E-state index in [1.807, 2.05) is 0 Å². The van der Waals surface area contributed by atoms with Gasteiger partial charge in [-0.05, 0) is 39.3 Å². The van der Waals surface area contributed by atoms with Gasteiger partial charge in [-0.25, -0.2) is 0 Å². The highest BCUT2D eigenvalue weighted by atomic mass is 15.2. The summed E-state index contributed by atoms with van der Waals surface area (Å²) in [6, 6.07) is 1.67. The van der Waals surface area contributed by atoms with Crippen molar-refractivity contribution < 1.29 is 0 Å². The molecule has 2 fully saturated rings. The van der Waals surface area contributed by atoms with E-state index in [0.29, 0.717) is 0 Å². The predicted molar refractivity (Wildman–Crippen MR) is 55.9 cm³/mol. The van der Waals surface area contributed by atoms with Crippen LogP contribution in [0.1, 0.15) is 39.0 Å². The lowest BCUT2D eigenvalue weighted by Crippen LogP contribution is -2.43. The van der Waals surface area contributed by atoms with E-state index >= 15 is 0 Å². The summed E-state index contributed by atoms with van der Waals surface area (Å²) in [6.45, 7) is 6.10. The fourth-order valence-electron chi connectivity index (χ4n) is 2.81. The largest absolute Gasteiger partial charge is 0.315 e. The first-order chi connectivity index (χ1) is 6.38. The number of nitrogens with zero attached hydrogens (tertiary/aromatic N) is 1. The minimum absolute atomic E-state index is 0.755. The molecule has 0 radical (unpaired) electrons. The maximum absolute atomic E-state index is 3.51. The van der Waals surface area contributed by atoms with Crippen LogP contribution in [0.5, 0.6) is 0 Å². The first kappa shape index (κ1) is 9.47. The molecule has 0 bridgehead atoms. The minimum atomic E-state index is 0.755. The average Bonchev–Trinajstić information content (AvgIpc) is 2.56. The van der Waals surface area contributed by atoms with Crippen LogP contribution in [0.25, 0.3) is 0 Å². The second kappa shape index (κ2) is 4.43. The van der Waals surface area contributed by atoms with Crippen LogP contribution in [0.4, 0.5) is 0 Å². The Morgan fingerprint density at radius 2 is 1.92 bits per heavy atom. The Labute approximate surface area is 81.7 Å². The standard InChI is InChI=1S/C11H22N2/c1-10-9-12-7-4-8-13(10)11-5-2-3-6-11/h10-12H,2-9H2,1H3. The fourth-order valence-corrected chi connectivity index (χ4v) is 2.81. The van der Waals surface area contributed by atoms with E-state index in [0.717, 1.165) is 12.1 Å². The molecule has 0 aromatic rings. The van der Waals surface area contributed by atoms with Gasteiger partial charge in [0.05, 0.1) is 0 Å². The van der Waals surface area contributed by atoms with Crippen LogP contribution in [0.2, 0.25) is 0 Å². The summed E-state index contributed by atoms with van der Waals surface area (Å²) in [5, 5.41) is 3.51. The molecule has 2 nitrogen and oxygen atoms in total. The second-order valence-electron chi connectivity index (χ2n) is 4.58. The monoisotopic (exact) mass is 182 g/mol. The molecule has 0 aromatic carbocycles. The maximum atomic E-state index is 3.51. The van der Waals surface area contributed by atoms with E-state index < -0.39 is 0 Å². The molecule has 0 amide bonds. The zero-order valence-electron chi connectivity index (χ0n) is 8.76. The Bertz CT molecular complexity index is 152. The van der Waals surface area contributed by atoms with Crippen molar-refractivity contribution in [2.45, 2.75) is 51.1 Å². The van der Waals surface area contributed by atoms with Crippen LogP contribution in [-0.4, -0.2) is 36.6 Å². The molecule has 2 rings (SSSR count). The van der Waals surface area contributed by atoms with E-state index in [2.05, 4.69) is 17.1 Å². The van der Waals surface area contributed by atoms with Gasteiger partial charge >= 0.3 is 0 Å². The molecular formula is C11H22N2. The van der Waals surface area contributed by atoms with Gasteiger partial charge < -0.3 is 5.32 Å². The molecule has 0 aromatic heterocycles. The first-order valence-electron chi connectivity index (χ1n) is 5.84. The lowest BCUT2D eigenvalue weighted by Gasteiger charge is -2.32. The summed E-state index contributed by atoms with van der Waals surface area (Å²) >= 11 is 0.